The summed E-state index contributed by atoms with van der Waals surface area (Å²) in [4.78, 5) is 0. The summed E-state index contributed by atoms with van der Waals surface area (Å²) in [6.45, 7) is 2.20. The Morgan fingerprint density at radius 2 is 1.71 bits per heavy atom. The maximum absolute atomic E-state index is 3.58. The van der Waals surface area contributed by atoms with E-state index in [1.807, 2.05) is 0 Å². The van der Waals surface area contributed by atoms with Crippen LogP contribution in [0.25, 0.3) is 0 Å². The number of hydrogen-bond acceptors (Lipinski definition) is 1. The predicted octanol–water partition coefficient (Wildman–Crippen LogP) is 4.09. The summed E-state index contributed by atoms with van der Waals surface area (Å²) < 4.78 is 0. The third-order valence-electron chi connectivity index (χ3n) is 3.53. The molecule has 86 valence electrons. The maximum atomic E-state index is 3.58. The summed E-state index contributed by atoms with van der Waals surface area (Å²) in [5.74, 6) is 0. The second-order valence-electron chi connectivity index (χ2n) is 4.63. The second kappa shape index (κ2) is 4.25. The van der Waals surface area contributed by atoms with Crippen LogP contribution in [-0.4, -0.2) is 0 Å². The number of para-hydroxylation sites is 1. The van der Waals surface area contributed by atoms with Gasteiger partial charge >= 0.3 is 0 Å². The highest BCUT2D eigenvalue weighted by molar-refractivity contribution is 5.68. The van der Waals surface area contributed by atoms with E-state index < -0.39 is 0 Å². The molecule has 0 atom stereocenters. The quantitative estimate of drug-likeness (QED) is 0.767. The van der Waals surface area contributed by atoms with E-state index in [1.54, 1.807) is 0 Å². The summed E-state index contributed by atoms with van der Waals surface area (Å²) in [5, 5.41) is 3.58. The highest BCUT2D eigenvalue weighted by Gasteiger charge is 2.11. The second-order valence-corrected chi connectivity index (χ2v) is 4.63. The molecular formula is C16H17N. The number of aryl methyl sites for hydroxylation is 3. The normalized spacial score (nSPS) is 13.2. The fraction of sp³-hybridized carbons (Fsp3) is 0.250. The molecule has 2 aromatic carbocycles. The van der Waals surface area contributed by atoms with Crippen LogP contribution in [-0.2, 0) is 19.3 Å². The average molecular weight is 223 g/mol. The molecule has 0 radical (unpaired) electrons. The molecule has 1 N–H and O–H groups in total. The lowest BCUT2D eigenvalue weighted by molar-refractivity contribution is 0.975. The van der Waals surface area contributed by atoms with Crippen LogP contribution in [0.5, 0.6) is 0 Å². The molecule has 0 amide bonds. The highest BCUT2D eigenvalue weighted by Crippen LogP contribution is 2.30. The molecule has 2 aromatic rings. The first-order valence-corrected chi connectivity index (χ1v) is 6.33. The SMILES string of the molecule is CCc1ccc2c(c1)Nc1ccccc1CC2. The standard InChI is InChI=1S/C16H17N/c1-2-12-7-8-14-10-9-13-5-3-4-6-15(13)17-16(14)11-12/h3-8,11,17H,2,9-10H2,1H3. The molecular weight excluding hydrogens is 206 g/mol. The van der Waals surface area contributed by atoms with Crippen molar-refractivity contribution in [2.75, 3.05) is 5.32 Å². The molecule has 0 unspecified atom stereocenters. The summed E-state index contributed by atoms with van der Waals surface area (Å²) in [6.07, 6.45) is 3.35. The van der Waals surface area contributed by atoms with Gasteiger partial charge in [0.2, 0.25) is 0 Å². The lowest BCUT2D eigenvalue weighted by Crippen LogP contribution is -1.94. The van der Waals surface area contributed by atoms with E-state index in [-0.39, 0.29) is 0 Å². The van der Waals surface area contributed by atoms with Crippen molar-refractivity contribution in [1.82, 2.24) is 0 Å². The minimum Gasteiger partial charge on any atom is -0.355 e. The van der Waals surface area contributed by atoms with Gasteiger partial charge in [-0.2, -0.15) is 0 Å². The Morgan fingerprint density at radius 1 is 0.941 bits per heavy atom. The van der Waals surface area contributed by atoms with Gasteiger partial charge in [0.05, 0.1) is 0 Å². The average Bonchev–Trinajstić information content (AvgIpc) is 2.56. The molecule has 0 saturated carbocycles. The summed E-state index contributed by atoms with van der Waals surface area (Å²) >= 11 is 0. The zero-order valence-corrected chi connectivity index (χ0v) is 10.2. The van der Waals surface area contributed by atoms with Gasteiger partial charge in [-0.05, 0) is 48.1 Å². The number of rotatable bonds is 1. The van der Waals surface area contributed by atoms with Gasteiger partial charge in [0.15, 0.2) is 0 Å². The Kier molecular flexibility index (Phi) is 2.60. The number of fused-ring (bicyclic) bond motifs is 2. The molecule has 1 heterocycles. The first kappa shape index (κ1) is 10.4. The molecule has 0 saturated heterocycles. The van der Waals surface area contributed by atoms with E-state index in [9.17, 15) is 0 Å². The number of anilines is 2. The first-order valence-electron chi connectivity index (χ1n) is 6.33. The molecule has 1 aliphatic rings. The third kappa shape index (κ3) is 1.93. The van der Waals surface area contributed by atoms with Crippen LogP contribution in [0.2, 0.25) is 0 Å². The van der Waals surface area contributed by atoms with Crippen LogP contribution in [0, 0.1) is 0 Å². The lowest BCUT2D eigenvalue weighted by atomic mass is 10.0. The summed E-state index contributed by atoms with van der Waals surface area (Å²) in [5.41, 5.74) is 6.80. The van der Waals surface area contributed by atoms with Gasteiger partial charge in [0.1, 0.15) is 0 Å². The molecule has 1 heteroatoms. The van der Waals surface area contributed by atoms with E-state index in [4.69, 9.17) is 0 Å². The van der Waals surface area contributed by atoms with E-state index in [0.717, 1.165) is 19.3 Å². The smallest absolute Gasteiger partial charge is 0.0419 e. The summed E-state index contributed by atoms with van der Waals surface area (Å²) in [6, 6.07) is 15.4. The number of nitrogens with one attached hydrogen (secondary N) is 1. The Balaban J connectivity index is 2.05. The largest absolute Gasteiger partial charge is 0.355 e. The Hall–Kier alpha value is -1.76. The van der Waals surface area contributed by atoms with Crippen molar-refractivity contribution in [3.8, 4) is 0 Å². The lowest BCUT2D eigenvalue weighted by Gasteiger charge is -2.10. The Labute approximate surface area is 102 Å². The highest BCUT2D eigenvalue weighted by atomic mass is 14.9. The van der Waals surface area contributed by atoms with Gasteiger partial charge in [-0.1, -0.05) is 37.3 Å². The van der Waals surface area contributed by atoms with Gasteiger partial charge < -0.3 is 5.32 Å². The monoisotopic (exact) mass is 223 g/mol. The zero-order valence-electron chi connectivity index (χ0n) is 10.2. The number of benzene rings is 2. The zero-order chi connectivity index (χ0) is 11.7. The van der Waals surface area contributed by atoms with Gasteiger partial charge in [-0.3, -0.25) is 0 Å². The van der Waals surface area contributed by atoms with Crippen molar-refractivity contribution < 1.29 is 0 Å². The van der Waals surface area contributed by atoms with Crippen molar-refractivity contribution in [3.63, 3.8) is 0 Å². The van der Waals surface area contributed by atoms with Gasteiger partial charge in [-0.25, -0.2) is 0 Å². The molecule has 0 spiro atoms. The van der Waals surface area contributed by atoms with Crippen molar-refractivity contribution in [3.05, 3.63) is 59.2 Å². The van der Waals surface area contributed by atoms with Crippen molar-refractivity contribution in [2.24, 2.45) is 0 Å². The van der Waals surface area contributed by atoms with E-state index in [1.165, 1.54) is 28.1 Å². The van der Waals surface area contributed by atoms with Crippen LogP contribution in [0.3, 0.4) is 0 Å². The van der Waals surface area contributed by atoms with Gasteiger partial charge in [0.25, 0.3) is 0 Å². The van der Waals surface area contributed by atoms with Crippen LogP contribution >= 0.6 is 0 Å². The molecule has 17 heavy (non-hydrogen) atoms. The van der Waals surface area contributed by atoms with Crippen LogP contribution in [0.15, 0.2) is 42.5 Å². The van der Waals surface area contributed by atoms with Crippen LogP contribution < -0.4 is 5.32 Å². The van der Waals surface area contributed by atoms with Gasteiger partial charge in [0, 0.05) is 11.4 Å². The topological polar surface area (TPSA) is 12.0 Å². The number of hydrogen-bond donors (Lipinski definition) is 1. The van der Waals surface area contributed by atoms with E-state index >= 15 is 0 Å². The third-order valence-corrected chi connectivity index (χ3v) is 3.53. The molecule has 0 aliphatic carbocycles. The van der Waals surface area contributed by atoms with Crippen molar-refractivity contribution >= 4 is 11.4 Å². The fourth-order valence-corrected chi connectivity index (χ4v) is 2.45. The fourth-order valence-electron chi connectivity index (χ4n) is 2.45. The molecule has 0 fully saturated rings. The van der Waals surface area contributed by atoms with E-state index in [0.29, 0.717) is 0 Å². The van der Waals surface area contributed by atoms with Gasteiger partial charge in [-0.15, -0.1) is 0 Å². The minimum atomic E-state index is 1.09. The molecule has 1 nitrogen and oxygen atoms in total. The minimum absolute atomic E-state index is 1.09. The van der Waals surface area contributed by atoms with Crippen LogP contribution in [0.1, 0.15) is 23.6 Å². The first-order chi connectivity index (χ1) is 8.36. The predicted molar refractivity (Wildman–Crippen MR) is 73.0 cm³/mol. The summed E-state index contributed by atoms with van der Waals surface area (Å²) in [7, 11) is 0. The van der Waals surface area contributed by atoms with Crippen LogP contribution in [0.4, 0.5) is 11.4 Å². The van der Waals surface area contributed by atoms with E-state index in [2.05, 4.69) is 54.7 Å². The molecule has 0 aromatic heterocycles. The van der Waals surface area contributed by atoms with Crippen molar-refractivity contribution in [1.29, 1.82) is 0 Å². The maximum Gasteiger partial charge on any atom is 0.0419 e. The molecule has 3 rings (SSSR count). The molecule has 1 aliphatic heterocycles. The Morgan fingerprint density at radius 3 is 2.53 bits per heavy atom. The molecule has 0 bridgehead atoms. The van der Waals surface area contributed by atoms with Crippen molar-refractivity contribution in [2.45, 2.75) is 26.2 Å². The Bertz CT molecular complexity index is 543.